The number of carbonyl (C=O) groups is 2. The van der Waals surface area contributed by atoms with Crippen LogP contribution in [0.25, 0.3) is 0 Å². The van der Waals surface area contributed by atoms with Gasteiger partial charge in [-0.05, 0) is 43.2 Å². The number of aryl methyl sites for hydroxylation is 1. The molecule has 1 aromatic carbocycles. The van der Waals surface area contributed by atoms with Crippen LogP contribution in [0, 0.1) is 12.7 Å². The molecule has 1 aliphatic heterocycles. The third-order valence-corrected chi connectivity index (χ3v) is 5.19. The third-order valence-electron chi connectivity index (χ3n) is 5.19. The Balaban J connectivity index is 1.48. The van der Waals surface area contributed by atoms with Crippen LogP contribution in [-0.4, -0.2) is 59.7 Å². The standard InChI is InChI=1S/C23H30FN5O3/c1-3-12-32-23(31)29-10-8-28(9-11-29)16-18-5-7-21(24)19(13-18)14-26-22(30)27-20-6-4-17(2)25-15-20/h4-7,13,15H,3,8-12,14,16H2,1-2H3,(H2,26,27,30). The monoisotopic (exact) mass is 443 g/mol. The number of urea groups is 1. The van der Waals surface area contributed by atoms with Gasteiger partial charge in [0.25, 0.3) is 0 Å². The van der Waals surface area contributed by atoms with E-state index >= 15 is 0 Å². The molecule has 0 unspecified atom stereocenters. The maximum atomic E-state index is 14.3. The Kier molecular flexibility index (Phi) is 8.38. The highest BCUT2D eigenvalue weighted by Gasteiger charge is 2.22. The van der Waals surface area contributed by atoms with Crippen LogP contribution in [-0.2, 0) is 17.8 Å². The molecular weight excluding hydrogens is 413 g/mol. The Morgan fingerprint density at radius 3 is 2.62 bits per heavy atom. The van der Waals surface area contributed by atoms with Crippen LogP contribution in [0.2, 0.25) is 0 Å². The van der Waals surface area contributed by atoms with E-state index in [0.717, 1.165) is 30.8 Å². The molecule has 172 valence electrons. The van der Waals surface area contributed by atoms with Crippen molar-refractivity contribution in [3.63, 3.8) is 0 Å². The van der Waals surface area contributed by atoms with E-state index < -0.39 is 6.03 Å². The molecule has 0 saturated carbocycles. The number of rotatable bonds is 7. The molecule has 9 heteroatoms. The lowest BCUT2D eigenvalue weighted by atomic mass is 10.1. The summed E-state index contributed by atoms with van der Waals surface area (Å²) in [5, 5.41) is 5.36. The summed E-state index contributed by atoms with van der Waals surface area (Å²) < 4.78 is 19.4. The van der Waals surface area contributed by atoms with Gasteiger partial charge in [-0.1, -0.05) is 13.0 Å². The molecule has 3 rings (SSSR count). The van der Waals surface area contributed by atoms with Gasteiger partial charge in [-0.25, -0.2) is 14.0 Å². The van der Waals surface area contributed by atoms with Crippen molar-refractivity contribution in [2.45, 2.75) is 33.4 Å². The van der Waals surface area contributed by atoms with Crippen LogP contribution in [0.4, 0.5) is 19.7 Å². The highest BCUT2D eigenvalue weighted by Crippen LogP contribution is 2.15. The van der Waals surface area contributed by atoms with Crippen LogP contribution in [0.3, 0.4) is 0 Å². The highest BCUT2D eigenvalue weighted by atomic mass is 19.1. The lowest BCUT2D eigenvalue weighted by molar-refractivity contribution is 0.0746. The SMILES string of the molecule is CCCOC(=O)N1CCN(Cc2ccc(F)c(CNC(=O)Nc3ccc(C)nc3)c2)CC1. The van der Waals surface area contributed by atoms with Crippen LogP contribution < -0.4 is 10.6 Å². The molecule has 1 aromatic heterocycles. The van der Waals surface area contributed by atoms with E-state index in [9.17, 15) is 14.0 Å². The van der Waals surface area contributed by atoms with Crippen molar-refractivity contribution >= 4 is 17.8 Å². The molecule has 3 amide bonds. The first-order chi connectivity index (χ1) is 15.4. The van der Waals surface area contributed by atoms with Crippen LogP contribution in [0.5, 0.6) is 0 Å². The number of hydrogen-bond donors (Lipinski definition) is 2. The average molecular weight is 444 g/mol. The Morgan fingerprint density at radius 2 is 1.94 bits per heavy atom. The number of anilines is 1. The largest absolute Gasteiger partial charge is 0.449 e. The second-order valence-electron chi connectivity index (χ2n) is 7.80. The zero-order valence-electron chi connectivity index (χ0n) is 18.6. The fourth-order valence-electron chi connectivity index (χ4n) is 3.38. The summed E-state index contributed by atoms with van der Waals surface area (Å²) >= 11 is 0. The van der Waals surface area contributed by atoms with Crippen LogP contribution in [0.1, 0.15) is 30.2 Å². The van der Waals surface area contributed by atoms with Crippen molar-refractivity contribution in [3.05, 3.63) is 59.2 Å². The Labute approximate surface area is 187 Å². The van der Waals surface area contributed by atoms with Gasteiger partial charge in [0.2, 0.25) is 0 Å². The van der Waals surface area contributed by atoms with E-state index in [1.807, 2.05) is 13.8 Å². The van der Waals surface area contributed by atoms with Gasteiger partial charge in [-0.3, -0.25) is 9.88 Å². The quantitative estimate of drug-likeness (QED) is 0.684. The fourth-order valence-corrected chi connectivity index (χ4v) is 3.38. The van der Waals surface area contributed by atoms with E-state index in [1.54, 1.807) is 35.4 Å². The van der Waals surface area contributed by atoms with Crippen molar-refractivity contribution < 1.29 is 18.7 Å². The highest BCUT2D eigenvalue weighted by molar-refractivity contribution is 5.88. The molecule has 1 saturated heterocycles. The first-order valence-electron chi connectivity index (χ1n) is 10.8. The zero-order chi connectivity index (χ0) is 22.9. The number of nitrogens with one attached hydrogen (secondary N) is 2. The number of halogens is 1. The molecule has 1 aliphatic rings. The lowest BCUT2D eigenvalue weighted by Gasteiger charge is -2.34. The maximum Gasteiger partial charge on any atom is 0.409 e. The first-order valence-corrected chi connectivity index (χ1v) is 10.8. The number of aromatic nitrogens is 1. The molecule has 2 N–H and O–H groups in total. The van der Waals surface area contributed by atoms with Crippen molar-refractivity contribution in [2.24, 2.45) is 0 Å². The van der Waals surface area contributed by atoms with Crippen molar-refractivity contribution in [2.75, 3.05) is 38.1 Å². The van der Waals surface area contributed by atoms with Gasteiger partial charge < -0.3 is 20.3 Å². The summed E-state index contributed by atoms with van der Waals surface area (Å²) in [5.74, 6) is -0.366. The van der Waals surface area contributed by atoms with E-state index in [2.05, 4.69) is 20.5 Å². The summed E-state index contributed by atoms with van der Waals surface area (Å²) in [4.78, 5) is 32.1. The van der Waals surface area contributed by atoms with Gasteiger partial charge in [-0.2, -0.15) is 0 Å². The van der Waals surface area contributed by atoms with Gasteiger partial charge in [0.1, 0.15) is 5.82 Å². The number of pyridine rings is 1. The molecule has 2 aromatic rings. The maximum absolute atomic E-state index is 14.3. The molecule has 8 nitrogen and oxygen atoms in total. The molecule has 0 atom stereocenters. The smallest absolute Gasteiger partial charge is 0.409 e. The van der Waals surface area contributed by atoms with Gasteiger partial charge >= 0.3 is 12.1 Å². The number of nitrogens with zero attached hydrogens (tertiary/aromatic N) is 3. The van der Waals surface area contributed by atoms with Crippen molar-refractivity contribution in [1.82, 2.24) is 20.1 Å². The van der Waals surface area contributed by atoms with E-state index in [-0.39, 0.29) is 18.5 Å². The number of amides is 3. The van der Waals surface area contributed by atoms with Crippen molar-refractivity contribution in [1.29, 1.82) is 0 Å². The summed E-state index contributed by atoms with van der Waals surface area (Å²) in [5.41, 5.74) is 2.79. The number of benzene rings is 1. The minimum Gasteiger partial charge on any atom is -0.449 e. The van der Waals surface area contributed by atoms with Crippen LogP contribution in [0.15, 0.2) is 36.5 Å². The Morgan fingerprint density at radius 1 is 1.16 bits per heavy atom. The second kappa shape index (κ2) is 11.4. The summed E-state index contributed by atoms with van der Waals surface area (Å²) in [7, 11) is 0. The summed E-state index contributed by atoms with van der Waals surface area (Å²) in [6.45, 7) is 7.63. The molecule has 0 radical (unpaired) electrons. The molecule has 0 aliphatic carbocycles. The average Bonchev–Trinajstić information content (AvgIpc) is 2.80. The molecule has 1 fully saturated rings. The van der Waals surface area contributed by atoms with Gasteiger partial charge in [0, 0.05) is 50.5 Å². The fraction of sp³-hybridized carbons (Fsp3) is 0.435. The zero-order valence-corrected chi connectivity index (χ0v) is 18.6. The predicted octanol–water partition coefficient (Wildman–Crippen LogP) is 3.52. The van der Waals surface area contributed by atoms with Gasteiger partial charge in [0.15, 0.2) is 0 Å². The Bertz CT molecular complexity index is 914. The molecular formula is C23H30FN5O3. The summed E-state index contributed by atoms with van der Waals surface area (Å²) in [6, 6.07) is 8.07. The molecule has 0 bridgehead atoms. The first kappa shape index (κ1) is 23.5. The molecule has 2 heterocycles. The number of piperazine rings is 1. The normalized spacial score (nSPS) is 14.2. The topological polar surface area (TPSA) is 86.8 Å². The van der Waals surface area contributed by atoms with Crippen molar-refractivity contribution in [3.8, 4) is 0 Å². The molecule has 32 heavy (non-hydrogen) atoms. The summed E-state index contributed by atoms with van der Waals surface area (Å²) in [6.07, 6.45) is 2.11. The minimum absolute atomic E-state index is 0.0713. The number of hydrogen-bond acceptors (Lipinski definition) is 5. The minimum atomic E-state index is -0.425. The van der Waals surface area contributed by atoms with E-state index in [1.165, 1.54) is 6.07 Å². The predicted molar refractivity (Wildman–Crippen MR) is 120 cm³/mol. The lowest BCUT2D eigenvalue weighted by Crippen LogP contribution is -2.48. The second-order valence-corrected chi connectivity index (χ2v) is 7.80. The van der Waals surface area contributed by atoms with Gasteiger partial charge in [0.05, 0.1) is 18.5 Å². The van der Waals surface area contributed by atoms with Gasteiger partial charge in [-0.15, -0.1) is 0 Å². The van der Waals surface area contributed by atoms with Crippen LogP contribution >= 0.6 is 0 Å². The number of carbonyl (C=O) groups excluding carboxylic acids is 2. The number of ether oxygens (including phenoxy) is 1. The third kappa shape index (κ3) is 6.91. The van der Waals surface area contributed by atoms with E-state index in [4.69, 9.17) is 4.74 Å². The molecule has 0 spiro atoms. The van der Waals surface area contributed by atoms with E-state index in [0.29, 0.717) is 37.5 Å². The Hall–Kier alpha value is -3.20.